The van der Waals surface area contributed by atoms with Crippen molar-refractivity contribution < 1.29 is 9.53 Å². The molecule has 1 unspecified atom stereocenters. The van der Waals surface area contributed by atoms with Crippen LogP contribution in [0.25, 0.3) is 0 Å². The molecule has 1 aliphatic carbocycles. The molecular weight excluding hydrogens is 206 g/mol. The fraction of sp³-hybridized carbons (Fsp3) is 0.909. The number of carbonyl (C=O) groups is 1. The third-order valence-electron chi connectivity index (χ3n) is 2.54. The van der Waals surface area contributed by atoms with E-state index in [1.54, 1.807) is 0 Å². The molecule has 1 aliphatic rings. The summed E-state index contributed by atoms with van der Waals surface area (Å²) in [5, 5.41) is 2.96. The summed E-state index contributed by atoms with van der Waals surface area (Å²) in [5.74, 6) is 0.0947. The average molecular weight is 229 g/mol. The van der Waals surface area contributed by atoms with Crippen LogP contribution in [0.5, 0.6) is 0 Å². The Balaban J connectivity index is 2.16. The summed E-state index contributed by atoms with van der Waals surface area (Å²) in [7, 11) is 1.91. The highest BCUT2D eigenvalue weighted by molar-refractivity contribution is 5.78. The molecule has 0 spiro atoms. The smallest absolute Gasteiger partial charge is 0.234 e. The summed E-state index contributed by atoms with van der Waals surface area (Å²) in [6, 6.07) is 0.429. The van der Waals surface area contributed by atoms with E-state index in [9.17, 15) is 4.79 Å². The molecule has 94 valence electrons. The second-order valence-electron chi connectivity index (χ2n) is 4.35. The number of likely N-dealkylation sites (N-methyl/N-ethyl adjacent to an activating group) is 1. The van der Waals surface area contributed by atoms with Gasteiger partial charge < -0.3 is 15.8 Å². The van der Waals surface area contributed by atoms with Gasteiger partial charge in [0.15, 0.2) is 0 Å². The molecule has 5 heteroatoms. The zero-order valence-electron chi connectivity index (χ0n) is 10.2. The van der Waals surface area contributed by atoms with Crippen LogP contribution in [-0.4, -0.2) is 56.2 Å². The van der Waals surface area contributed by atoms with Gasteiger partial charge in [-0.1, -0.05) is 0 Å². The van der Waals surface area contributed by atoms with Crippen molar-refractivity contribution in [2.75, 3.05) is 33.3 Å². The molecule has 16 heavy (non-hydrogen) atoms. The Morgan fingerprint density at radius 2 is 2.31 bits per heavy atom. The average Bonchev–Trinajstić information content (AvgIpc) is 3.00. The van der Waals surface area contributed by atoms with Gasteiger partial charge in [0.25, 0.3) is 0 Å². The number of hydrogen-bond acceptors (Lipinski definition) is 4. The van der Waals surface area contributed by atoms with Crippen molar-refractivity contribution in [3.8, 4) is 0 Å². The summed E-state index contributed by atoms with van der Waals surface area (Å²) in [5.41, 5.74) is 5.58. The van der Waals surface area contributed by atoms with Gasteiger partial charge in [-0.2, -0.15) is 0 Å². The van der Waals surface area contributed by atoms with Crippen molar-refractivity contribution in [3.05, 3.63) is 0 Å². The first-order chi connectivity index (χ1) is 7.65. The van der Waals surface area contributed by atoms with E-state index in [0.29, 0.717) is 32.3 Å². The lowest BCUT2D eigenvalue weighted by molar-refractivity contribution is -0.122. The zero-order chi connectivity index (χ0) is 12.0. The third-order valence-corrected chi connectivity index (χ3v) is 2.54. The number of carbonyl (C=O) groups excluding carboxylic acids is 1. The highest BCUT2D eigenvalue weighted by Crippen LogP contribution is 2.18. The Hall–Kier alpha value is -0.650. The number of nitrogens with zero attached hydrogens (tertiary/aromatic N) is 1. The van der Waals surface area contributed by atoms with Gasteiger partial charge in [0.1, 0.15) is 0 Å². The van der Waals surface area contributed by atoms with Crippen LogP contribution in [0.3, 0.4) is 0 Å². The van der Waals surface area contributed by atoms with E-state index in [2.05, 4.69) is 5.32 Å². The molecule has 1 rings (SSSR count). The Labute approximate surface area is 97.3 Å². The molecule has 1 amide bonds. The Morgan fingerprint density at radius 3 is 2.81 bits per heavy atom. The highest BCUT2D eigenvalue weighted by atomic mass is 16.5. The minimum absolute atomic E-state index is 0.0173. The molecule has 0 aromatic heterocycles. The monoisotopic (exact) mass is 229 g/mol. The first-order valence-electron chi connectivity index (χ1n) is 5.95. The summed E-state index contributed by atoms with van der Waals surface area (Å²) in [6.07, 6.45) is 2.27. The maximum absolute atomic E-state index is 11.5. The number of ether oxygens (including phenoxy) is 1. The topological polar surface area (TPSA) is 67.6 Å². The largest absolute Gasteiger partial charge is 0.376 e. The number of hydrogen-bond donors (Lipinski definition) is 2. The Kier molecular flexibility index (Phi) is 5.73. The molecule has 1 saturated carbocycles. The van der Waals surface area contributed by atoms with Gasteiger partial charge in [-0.25, -0.2) is 0 Å². The molecular formula is C11H23N3O2. The van der Waals surface area contributed by atoms with Crippen LogP contribution >= 0.6 is 0 Å². The van der Waals surface area contributed by atoms with E-state index in [0.717, 1.165) is 12.8 Å². The molecule has 0 bridgehead atoms. The molecule has 5 nitrogen and oxygen atoms in total. The van der Waals surface area contributed by atoms with E-state index >= 15 is 0 Å². The van der Waals surface area contributed by atoms with Gasteiger partial charge in [-0.3, -0.25) is 9.69 Å². The van der Waals surface area contributed by atoms with E-state index in [4.69, 9.17) is 10.5 Å². The summed E-state index contributed by atoms with van der Waals surface area (Å²) in [6.45, 7) is 4.21. The minimum Gasteiger partial charge on any atom is -0.376 e. The molecule has 0 aliphatic heterocycles. The fourth-order valence-corrected chi connectivity index (χ4v) is 1.59. The molecule has 3 N–H and O–H groups in total. The summed E-state index contributed by atoms with van der Waals surface area (Å²) < 4.78 is 5.44. The third kappa shape index (κ3) is 5.44. The van der Waals surface area contributed by atoms with Crippen molar-refractivity contribution in [2.24, 2.45) is 5.73 Å². The number of nitrogens with one attached hydrogen (secondary N) is 1. The first-order valence-corrected chi connectivity index (χ1v) is 5.95. The van der Waals surface area contributed by atoms with Crippen LogP contribution < -0.4 is 11.1 Å². The number of rotatable bonds is 8. The summed E-state index contributed by atoms with van der Waals surface area (Å²) in [4.78, 5) is 13.5. The highest BCUT2D eigenvalue weighted by Gasteiger charge is 2.23. The molecule has 0 heterocycles. The van der Waals surface area contributed by atoms with Gasteiger partial charge in [0, 0.05) is 25.7 Å². The second kappa shape index (κ2) is 6.83. The number of amides is 1. The van der Waals surface area contributed by atoms with Crippen molar-refractivity contribution in [1.82, 2.24) is 10.2 Å². The van der Waals surface area contributed by atoms with E-state index in [1.807, 2.05) is 18.9 Å². The molecule has 1 fully saturated rings. The quantitative estimate of drug-likeness (QED) is 0.592. The van der Waals surface area contributed by atoms with Crippen LogP contribution in [0.1, 0.15) is 19.8 Å². The van der Waals surface area contributed by atoms with Crippen LogP contribution in [0, 0.1) is 0 Å². The molecule has 0 radical (unpaired) electrons. The van der Waals surface area contributed by atoms with Crippen LogP contribution in [-0.2, 0) is 9.53 Å². The van der Waals surface area contributed by atoms with Gasteiger partial charge in [-0.15, -0.1) is 0 Å². The maximum Gasteiger partial charge on any atom is 0.234 e. The standard InChI is InChI=1S/C11H23N3O2/c1-3-16-10(6-12)7-14(2)8-11(15)13-9-4-5-9/h9-10H,3-8,12H2,1-2H3,(H,13,15). The van der Waals surface area contributed by atoms with Crippen molar-refractivity contribution in [1.29, 1.82) is 0 Å². The lowest BCUT2D eigenvalue weighted by Gasteiger charge is -2.22. The zero-order valence-corrected chi connectivity index (χ0v) is 10.2. The normalized spacial score (nSPS) is 17.5. The number of nitrogens with two attached hydrogens (primary N) is 1. The van der Waals surface area contributed by atoms with Crippen molar-refractivity contribution in [3.63, 3.8) is 0 Å². The lowest BCUT2D eigenvalue weighted by Crippen LogP contribution is -2.42. The molecule has 1 atom stereocenters. The predicted octanol–water partition coefficient (Wildman–Crippen LogP) is -0.439. The Bertz CT molecular complexity index is 219. The van der Waals surface area contributed by atoms with Crippen molar-refractivity contribution in [2.45, 2.75) is 31.9 Å². The predicted molar refractivity (Wildman–Crippen MR) is 63.1 cm³/mol. The van der Waals surface area contributed by atoms with Gasteiger partial charge in [-0.05, 0) is 26.8 Å². The van der Waals surface area contributed by atoms with Crippen molar-refractivity contribution >= 4 is 5.91 Å². The minimum atomic E-state index is 0.0173. The first kappa shape index (κ1) is 13.4. The van der Waals surface area contributed by atoms with Gasteiger partial charge in [0.05, 0.1) is 12.6 Å². The molecule has 0 saturated heterocycles. The molecule has 0 aromatic carbocycles. The lowest BCUT2D eigenvalue weighted by atomic mass is 10.3. The summed E-state index contributed by atoms with van der Waals surface area (Å²) >= 11 is 0. The van der Waals surface area contributed by atoms with Gasteiger partial charge in [0.2, 0.25) is 5.91 Å². The van der Waals surface area contributed by atoms with Gasteiger partial charge >= 0.3 is 0 Å². The second-order valence-corrected chi connectivity index (χ2v) is 4.35. The van der Waals surface area contributed by atoms with Crippen LogP contribution in [0.15, 0.2) is 0 Å². The SMILES string of the molecule is CCOC(CN)CN(C)CC(=O)NC1CC1. The maximum atomic E-state index is 11.5. The van der Waals surface area contributed by atoms with E-state index < -0.39 is 0 Å². The molecule has 0 aromatic rings. The fourth-order valence-electron chi connectivity index (χ4n) is 1.59. The van der Waals surface area contributed by atoms with E-state index in [-0.39, 0.29) is 12.0 Å². The van der Waals surface area contributed by atoms with E-state index in [1.165, 1.54) is 0 Å². The van der Waals surface area contributed by atoms with Crippen LogP contribution in [0.2, 0.25) is 0 Å². The van der Waals surface area contributed by atoms with Crippen LogP contribution in [0.4, 0.5) is 0 Å². The Morgan fingerprint density at radius 1 is 1.62 bits per heavy atom.